The minimum Gasteiger partial charge on any atom is -0.444 e. The summed E-state index contributed by atoms with van der Waals surface area (Å²) in [7, 11) is 0. The smallest absolute Gasteiger partial charge is 0.407 e. The lowest BCUT2D eigenvalue weighted by Crippen LogP contribution is -2.38. The molecule has 0 aromatic heterocycles. The maximum Gasteiger partial charge on any atom is 0.407 e. The number of halogens is 2. The van der Waals surface area contributed by atoms with Crippen LogP contribution < -0.4 is 10.6 Å². The van der Waals surface area contributed by atoms with Gasteiger partial charge in [0.25, 0.3) is 0 Å². The molecule has 6 heteroatoms. The Balaban J connectivity index is 1.75. The number of alkyl carbamates (subject to hydrolysis) is 1. The predicted molar refractivity (Wildman–Crippen MR) is 89.0 cm³/mol. The Morgan fingerprint density at radius 3 is 2.70 bits per heavy atom. The van der Waals surface area contributed by atoms with Gasteiger partial charge < -0.3 is 15.4 Å². The summed E-state index contributed by atoms with van der Waals surface area (Å²) in [6.07, 6.45) is 2.39. The van der Waals surface area contributed by atoms with Crippen LogP contribution in [-0.2, 0) is 11.3 Å². The van der Waals surface area contributed by atoms with Gasteiger partial charge in [0.15, 0.2) is 0 Å². The predicted octanol–water partition coefficient (Wildman–Crippen LogP) is 4.01. The first-order valence-corrected chi connectivity index (χ1v) is 8.27. The molecule has 0 heterocycles. The molecule has 1 aromatic rings. The zero-order valence-electron chi connectivity index (χ0n) is 13.8. The van der Waals surface area contributed by atoms with Crippen molar-refractivity contribution < 1.29 is 13.9 Å². The van der Waals surface area contributed by atoms with Gasteiger partial charge in [-0.25, -0.2) is 9.18 Å². The van der Waals surface area contributed by atoms with Crippen LogP contribution in [0.1, 0.15) is 45.6 Å². The molecule has 2 N–H and O–H groups in total. The molecule has 0 saturated heterocycles. The van der Waals surface area contributed by atoms with Crippen molar-refractivity contribution in [3.05, 3.63) is 34.6 Å². The van der Waals surface area contributed by atoms with E-state index < -0.39 is 11.4 Å². The minimum atomic E-state index is -0.484. The van der Waals surface area contributed by atoms with Crippen LogP contribution in [0.5, 0.6) is 0 Å². The van der Waals surface area contributed by atoms with E-state index in [1.54, 1.807) is 12.1 Å². The zero-order valence-corrected chi connectivity index (χ0v) is 14.5. The summed E-state index contributed by atoms with van der Waals surface area (Å²) in [6.45, 7) is 6.17. The molecule has 4 nitrogen and oxygen atoms in total. The number of carbonyl (C=O) groups is 1. The average molecular weight is 343 g/mol. The number of ether oxygens (including phenoxy) is 1. The van der Waals surface area contributed by atoms with E-state index in [0.29, 0.717) is 12.6 Å². The number of nitrogens with one attached hydrogen (secondary N) is 2. The van der Waals surface area contributed by atoms with Gasteiger partial charge in [0.2, 0.25) is 0 Å². The van der Waals surface area contributed by atoms with Crippen LogP contribution in [0.15, 0.2) is 18.2 Å². The third-order valence-electron chi connectivity index (χ3n) is 3.73. The molecule has 2 atom stereocenters. The Morgan fingerprint density at radius 1 is 1.35 bits per heavy atom. The zero-order chi connectivity index (χ0) is 17.0. The van der Waals surface area contributed by atoms with Gasteiger partial charge in [-0.2, -0.15) is 0 Å². The van der Waals surface area contributed by atoms with Gasteiger partial charge >= 0.3 is 6.09 Å². The normalized spacial score (nSPS) is 21.3. The third-order valence-corrected chi connectivity index (χ3v) is 4.02. The molecule has 2 rings (SSSR count). The molecule has 1 saturated carbocycles. The Hall–Kier alpha value is -1.33. The molecule has 0 radical (unpaired) electrons. The number of benzene rings is 1. The van der Waals surface area contributed by atoms with Crippen LogP contribution in [0.2, 0.25) is 5.02 Å². The molecular weight excluding hydrogens is 319 g/mol. The van der Waals surface area contributed by atoms with Gasteiger partial charge in [0, 0.05) is 18.6 Å². The Labute approximate surface area is 141 Å². The Morgan fingerprint density at radius 2 is 2.04 bits per heavy atom. The largest absolute Gasteiger partial charge is 0.444 e. The van der Waals surface area contributed by atoms with Crippen LogP contribution in [0.4, 0.5) is 9.18 Å². The maximum absolute atomic E-state index is 13.1. The summed E-state index contributed by atoms with van der Waals surface area (Å²) in [5.41, 5.74) is 0.460. The first-order valence-electron chi connectivity index (χ1n) is 7.90. The monoisotopic (exact) mass is 342 g/mol. The van der Waals surface area contributed by atoms with Crippen molar-refractivity contribution in [2.75, 3.05) is 0 Å². The Bertz CT molecular complexity index is 560. The molecule has 128 valence electrons. The highest BCUT2D eigenvalue weighted by atomic mass is 35.5. The summed E-state index contributed by atoms with van der Waals surface area (Å²) >= 11 is 5.78. The van der Waals surface area contributed by atoms with Gasteiger partial charge in [-0.3, -0.25) is 0 Å². The topological polar surface area (TPSA) is 50.4 Å². The molecule has 1 amide bonds. The second kappa shape index (κ2) is 7.49. The van der Waals surface area contributed by atoms with E-state index in [0.717, 1.165) is 24.8 Å². The van der Waals surface area contributed by atoms with Crippen LogP contribution in [0, 0.1) is 5.82 Å². The number of hydrogen-bond donors (Lipinski definition) is 2. The lowest BCUT2D eigenvalue weighted by molar-refractivity contribution is 0.0505. The van der Waals surface area contributed by atoms with Gasteiger partial charge in [-0.1, -0.05) is 17.7 Å². The van der Waals surface area contributed by atoms with Gasteiger partial charge in [0.1, 0.15) is 11.4 Å². The maximum atomic E-state index is 13.1. The van der Waals surface area contributed by atoms with E-state index in [1.807, 2.05) is 20.8 Å². The van der Waals surface area contributed by atoms with E-state index in [9.17, 15) is 9.18 Å². The van der Waals surface area contributed by atoms with Crippen molar-refractivity contribution >= 4 is 17.7 Å². The van der Waals surface area contributed by atoms with Crippen molar-refractivity contribution in [3.8, 4) is 0 Å². The summed E-state index contributed by atoms with van der Waals surface area (Å²) < 4.78 is 18.4. The number of rotatable bonds is 4. The fraction of sp³-hybridized carbons (Fsp3) is 0.588. The highest BCUT2D eigenvalue weighted by molar-refractivity contribution is 6.30. The molecular formula is C17H24ClFN2O2. The second-order valence-corrected chi connectivity index (χ2v) is 7.39. The highest BCUT2D eigenvalue weighted by Gasteiger charge is 2.27. The average Bonchev–Trinajstić information content (AvgIpc) is 2.85. The van der Waals surface area contributed by atoms with Crippen molar-refractivity contribution in [2.45, 2.75) is 64.3 Å². The second-order valence-electron chi connectivity index (χ2n) is 6.98. The number of amides is 1. The highest BCUT2D eigenvalue weighted by Crippen LogP contribution is 2.21. The van der Waals surface area contributed by atoms with E-state index in [1.165, 1.54) is 6.07 Å². The standard InChI is InChI=1S/C17H24ClFN2O2/c1-17(2,3)23-16(22)21-13-6-5-12(9-13)20-10-11-4-7-15(19)14(18)8-11/h4,7-8,12-13,20H,5-6,9-10H2,1-3H3,(H,21,22). The van der Waals surface area contributed by atoms with E-state index in [2.05, 4.69) is 10.6 Å². The van der Waals surface area contributed by atoms with Gasteiger partial charge in [-0.15, -0.1) is 0 Å². The van der Waals surface area contributed by atoms with Gasteiger partial charge in [0.05, 0.1) is 5.02 Å². The molecule has 1 aromatic carbocycles. The molecule has 0 spiro atoms. The summed E-state index contributed by atoms with van der Waals surface area (Å²) in [4.78, 5) is 11.8. The fourth-order valence-corrected chi connectivity index (χ4v) is 2.89. The number of hydrogen-bond acceptors (Lipinski definition) is 3. The molecule has 1 fully saturated rings. The SMILES string of the molecule is CC(C)(C)OC(=O)NC1CCC(NCc2ccc(F)c(Cl)c2)C1. The van der Waals surface area contributed by atoms with Gasteiger partial charge in [-0.05, 0) is 57.7 Å². The summed E-state index contributed by atoms with van der Waals surface area (Å²) in [5.74, 6) is -0.405. The molecule has 1 aliphatic rings. The minimum absolute atomic E-state index is 0.124. The fourth-order valence-electron chi connectivity index (χ4n) is 2.68. The molecule has 23 heavy (non-hydrogen) atoms. The first-order chi connectivity index (χ1) is 10.7. The summed E-state index contributed by atoms with van der Waals surface area (Å²) in [6, 6.07) is 5.17. The van der Waals surface area contributed by atoms with Crippen LogP contribution in [0.3, 0.4) is 0 Å². The van der Waals surface area contributed by atoms with Crippen molar-refractivity contribution in [2.24, 2.45) is 0 Å². The molecule has 0 bridgehead atoms. The van der Waals surface area contributed by atoms with E-state index in [4.69, 9.17) is 16.3 Å². The van der Waals surface area contributed by atoms with Crippen LogP contribution in [0.25, 0.3) is 0 Å². The van der Waals surface area contributed by atoms with Crippen LogP contribution >= 0.6 is 11.6 Å². The molecule has 2 unspecified atom stereocenters. The molecule has 0 aliphatic heterocycles. The molecule has 1 aliphatic carbocycles. The quantitative estimate of drug-likeness (QED) is 0.869. The first kappa shape index (κ1) is 18.0. The van der Waals surface area contributed by atoms with Crippen molar-refractivity contribution in [1.29, 1.82) is 0 Å². The Kier molecular flexibility index (Phi) is 5.87. The lowest BCUT2D eigenvalue weighted by Gasteiger charge is -2.21. The van der Waals surface area contributed by atoms with Crippen molar-refractivity contribution in [3.63, 3.8) is 0 Å². The van der Waals surface area contributed by atoms with Crippen molar-refractivity contribution in [1.82, 2.24) is 10.6 Å². The van der Waals surface area contributed by atoms with E-state index >= 15 is 0 Å². The summed E-state index contributed by atoms with van der Waals surface area (Å²) in [5, 5.41) is 6.47. The van der Waals surface area contributed by atoms with Crippen LogP contribution in [-0.4, -0.2) is 23.8 Å². The number of carbonyl (C=O) groups excluding carboxylic acids is 1. The van der Waals surface area contributed by atoms with E-state index in [-0.39, 0.29) is 17.2 Å². The lowest BCUT2D eigenvalue weighted by atomic mass is 10.2. The third kappa shape index (κ3) is 5.99.